The van der Waals surface area contributed by atoms with Crippen LogP contribution in [-0.4, -0.2) is 38.0 Å². The average molecular weight is 457 g/mol. The Morgan fingerprint density at radius 2 is 1.81 bits per heavy atom. The molecule has 0 unspecified atom stereocenters. The molecule has 3 aromatic rings. The van der Waals surface area contributed by atoms with E-state index >= 15 is 0 Å². The van der Waals surface area contributed by atoms with E-state index in [0.29, 0.717) is 23.6 Å². The minimum atomic E-state index is -3.92. The number of carbonyl (C=O) groups excluding carboxylic acids is 1. The van der Waals surface area contributed by atoms with E-state index in [1.165, 1.54) is 43.8 Å². The lowest BCUT2D eigenvalue weighted by Gasteiger charge is -2.11. The second kappa shape index (κ2) is 10.6. The van der Waals surface area contributed by atoms with Crippen LogP contribution in [0.3, 0.4) is 0 Å². The van der Waals surface area contributed by atoms with Crippen molar-refractivity contribution in [1.82, 2.24) is 9.97 Å². The fourth-order valence-electron chi connectivity index (χ4n) is 2.71. The van der Waals surface area contributed by atoms with Crippen molar-refractivity contribution in [3.63, 3.8) is 0 Å². The number of benzene rings is 2. The van der Waals surface area contributed by atoms with Gasteiger partial charge in [0.2, 0.25) is 5.82 Å². The largest absolute Gasteiger partial charge is 0.494 e. The van der Waals surface area contributed by atoms with E-state index in [1.807, 2.05) is 0 Å². The molecule has 0 saturated heterocycles. The van der Waals surface area contributed by atoms with E-state index in [9.17, 15) is 13.2 Å². The Hall–Kier alpha value is -3.66. The maximum absolute atomic E-state index is 12.6. The van der Waals surface area contributed by atoms with E-state index in [0.717, 1.165) is 12.8 Å². The summed E-state index contributed by atoms with van der Waals surface area (Å²) in [5.41, 5.74) is 0.885. The van der Waals surface area contributed by atoms with Gasteiger partial charge in [0.25, 0.3) is 21.8 Å². The maximum atomic E-state index is 12.6. The molecule has 0 aliphatic heterocycles. The van der Waals surface area contributed by atoms with Crippen molar-refractivity contribution in [2.45, 2.75) is 24.7 Å². The van der Waals surface area contributed by atoms with Crippen LogP contribution in [0.15, 0.2) is 65.8 Å². The molecular formula is C22H24N4O5S. The lowest BCUT2D eigenvalue weighted by atomic mass is 10.2. The van der Waals surface area contributed by atoms with Gasteiger partial charge >= 0.3 is 0 Å². The minimum absolute atomic E-state index is 0.00507. The number of methoxy groups -OCH3 is 1. The number of carbonyl (C=O) groups is 1. The normalized spacial score (nSPS) is 10.9. The van der Waals surface area contributed by atoms with Crippen LogP contribution >= 0.6 is 0 Å². The molecule has 1 heterocycles. The van der Waals surface area contributed by atoms with Crippen molar-refractivity contribution in [3.8, 4) is 11.6 Å². The summed E-state index contributed by atoms with van der Waals surface area (Å²) in [6.45, 7) is 2.67. The van der Waals surface area contributed by atoms with Crippen molar-refractivity contribution in [3.05, 3.63) is 66.5 Å². The Morgan fingerprint density at radius 1 is 1.06 bits per heavy atom. The van der Waals surface area contributed by atoms with Crippen LogP contribution in [0.1, 0.15) is 30.1 Å². The number of ether oxygens (including phenoxy) is 2. The Balaban J connectivity index is 1.68. The number of amides is 1. The van der Waals surface area contributed by atoms with Crippen molar-refractivity contribution >= 4 is 27.4 Å². The van der Waals surface area contributed by atoms with Gasteiger partial charge in [-0.15, -0.1) is 0 Å². The summed E-state index contributed by atoms with van der Waals surface area (Å²) >= 11 is 0. The lowest BCUT2D eigenvalue weighted by molar-refractivity contribution is 0.102. The van der Waals surface area contributed by atoms with Gasteiger partial charge in [-0.1, -0.05) is 19.4 Å². The monoisotopic (exact) mass is 456 g/mol. The summed E-state index contributed by atoms with van der Waals surface area (Å²) < 4.78 is 38.3. The van der Waals surface area contributed by atoms with E-state index in [4.69, 9.17) is 9.47 Å². The Bertz CT molecular complexity index is 1170. The summed E-state index contributed by atoms with van der Waals surface area (Å²) in [4.78, 5) is 20.4. The van der Waals surface area contributed by atoms with Gasteiger partial charge < -0.3 is 14.8 Å². The topological polar surface area (TPSA) is 120 Å². The number of aromatic nitrogens is 2. The molecule has 0 spiro atoms. The highest BCUT2D eigenvalue weighted by Gasteiger charge is 2.18. The molecule has 9 nitrogen and oxygen atoms in total. The fraction of sp³-hybridized carbons (Fsp3) is 0.227. The summed E-state index contributed by atoms with van der Waals surface area (Å²) in [7, 11) is -2.55. The highest BCUT2D eigenvalue weighted by atomic mass is 32.2. The molecule has 1 aromatic heterocycles. The first-order chi connectivity index (χ1) is 15.4. The molecule has 0 radical (unpaired) electrons. The van der Waals surface area contributed by atoms with Crippen LogP contribution < -0.4 is 19.5 Å². The molecule has 10 heteroatoms. The summed E-state index contributed by atoms with van der Waals surface area (Å²) in [6.07, 6.45) is 4.70. The highest BCUT2D eigenvalue weighted by Crippen LogP contribution is 2.22. The third kappa shape index (κ3) is 5.94. The molecular weight excluding hydrogens is 432 g/mol. The zero-order valence-corrected chi connectivity index (χ0v) is 18.6. The molecule has 3 rings (SSSR count). The Morgan fingerprint density at radius 3 is 2.53 bits per heavy atom. The molecule has 0 aliphatic carbocycles. The number of nitrogens with one attached hydrogen (secondary N) is 2. The molecule has 0 bridgehead atoms. The van der Waals surface area contributed by atoms with E-state index in [1.54, 1.807) is 24.3 Å². The highest BCUT2D eigenvalue weighted by molar-refractivity contribution is 7.92. The number of nitrogens with zero attached hydrogens (tertiary/aromatic N) is 2. The first kappa shape index (κ1) is 23.0. The predicted octanol–water partition coefficient (Wildman–Crippen LogP) is 3.72. The zero-order valence-electron chi connectivity index (χ0n) is 17.7. The van der Waals surface area contributed by atoms with E-state index < -0.39 is 10.0 Å². The molecule has 2 aromatic carbocycles. The van der Waals surface area contributed by atoms with Crippen LogP contribution in [0, 0.1) is 0 Å². The number of hydrogen-bond acceptors (Lipinski definition) is 7. The second-order valence-corrected chi connectivity index (χ2v) is 8.41. The Kier molecular flexibility index (Phi) is 7.61. The lowest BCUT2D eigenvalue weighted by Crippen LogP contribution is -2.15. The van der Waals surface area contributed by atoms with E-state index in [2.05, 4.69) is 26.9 Å². The standard InChI is InChI=1S/C22H24N4O5S/c1-3-4-14-31-18-7-5-6-16(15-18)21(27)25-17-8-10-19(11-9-17)32(28,29)26-20-22(30-2)24-13-12-23-20/h5-13,15H,3-4,14H2,1-2H3,(H,23,26)(H,25,27). The first-order valence-electron chi connectivity index (χ1n) is 9.95. The van der Waals surface area contributed by atoms with Crippen LogP contribution in [0.4, 0.5) is 11.5 Å². The van der Waals surface area contributed by atoms with Gasteiger partial charge in [0.1, 0.15) is 5.75 Å². The van der Waals surface area contributed by atoms with Gasteiger partial charge in [-0.25, -0.2) is 18.4 Å². The molecule has 0 atom stereocenters. The minimum Gasteiger partial charge on any atom is -0.494 e. The molecule has 1 amide bonds. The summed E-state index contributed by atoms with van der Waals surface area (Å²) in [5.74, 6) is 0.330. The average Bonchev–Trinajstić information content (AvgIpc) is 2.80. The second-order valence-electron chi connectivity index (χ2n) is 6.73. The molecule has 0 aliphatic rings. The smallest absolute Gasteiger partial charge is 0.263 e. The molecule has 0 saturated carbocycles. The number of sulfonamides is 1. The SMILES string of the molecule is CCCCOc1cccc(C(=O)Nc2ccc(S(=O)(=O)Nc3nccnc3OC)cc2)c1. The predicted molar refractivity (Wildman–Crippen MR) is 121 cm³/mol. The number of unbranched alkanes of at least 4 members (excludes halogenated alkanes) is 1. The van der Waals surface area contributed by atoms with Gasteiger partial charge in [-0.05, 0) is 48.9 Å². The van der Waals surface area contributed by atoms with Crippen LogP contribution in [0.2, 0.25) is 0 Å². The van der Waals surface area contributed by atoms with Crippen molar-refractivity contribution in [2.75, 3.05) is 23.8 Å². The molecule has 0 fully saturated rings. The molecule has 168 valence electrons. The zero-order chi connectivity index (χ0) is 23.0. The van der Waals surface area contributed by atoms with Crippen LogP contribution in [0.25, 0.3) is 0 Å². The number of rotatable bonds is 10. The number of anilines is 2. The van der Waals surface area contributed by atoms with Gasteiger partial charge in [-0.2, -0.15) is 0 Å². The fourth-order valence-corrected chi connectivity index (χ4v) is 3.72. The Labute approximate surface area is 186 Å². The third-order valence-corrected chi connectivity index (χ3v) is 5.73. The maximum Gasteiger partial charge on any atom is 0.263 e. The van der Waals surface area contributed by atoms with Gasteiger partial charge in [0, 0.05) is 23.6 Å². The van der Waals surface area contributed by atoms with Crippen molar-refractivity contribution in [2.24, 2.45) is 0 Å². The third-order valence-electron chi connectivity index (χ3n) is 4.37. The van der Waals surface area contributed by atoms with Gasteiger partial charge in [-0.3, -0.25) is 9.52 Å². The van der Waals surface area contributed by atoms with Crippen LogP contribution in [-0.2, 0) is 10.0 Å². The number of hydrogen-bond donors (Lipinski definition) is 2. The first-order valence-corrected chi connectivity index (χ1v) is 11.4. The quantitative estimate of drug-likeness (QED) is 0.446. The van der Waals surface area contributed by atoms with Gasteiger partial charge in [0.15, 0.2) is 0 Å². The molecule has 32 heavy (non-hydrogen) atoms. The van der Waals surface area contributed by atoms with E-state index in [-0.39, 0.29) is 22.5 Å². The summed E-state index contributed by atoms with van der Waals surface area (Å²) in [6, 6.07) is 12.7. The van der Waals surface area contributed by atoms with Crippen molar-refractivity contribution in [1.29, 1.82) is 0 Å². The van der Waals surface area contributed by atoms with Crippen molar-refractivity contribution < 1.29 is 22.7 Å². The van der Waals surface area contributed by atoms with Crippen LogP contribution in [0.5, 0.6) is 11.6 Å². The molecule has 2 N–H and O–H groups in total. The van der Waals surface area contributed by atoms with Gasteiger partial charge in [0.05, 0.1) is 18.6 Å². The summed E-state index contributed by atoms with van der Waals surface area (Å²) in [5, 5.41) is 2.75.